The van der Waals surface area contributed by atoms with Gasteiger partial charge >= 0.3 is 0 Å². The smallest absolute Gasteiger partial charge is 0.231 e. The van der Waals surface area contributed by atoms with Crippen molar-refractivity contribution in [1.29, 1.82) is 0 Å². The number of nitrogens with one attached hydrogen (secondary N) is 2. The third-order valence-electron chi connectivity index (χ3n) is 3.16. The Bertz CT molecular complexity index is 713. The van der Waals surface area contributed by atoms with Gasteiger partial charge in [0.2, 0.25) is 12.7 Å². The topological polar surface area (TPSA) is 72.1 Å². The Morgan fingerprint density at radius 3 is 3.00 bits per heavy atom. The minimum absolute atomic E-state index is 0.272. The summed E-state index contributed by atoms with van der Waals surface area (Å²) in [7, 11) is 0. The van der Waals surface area contributed by atoms with Gasteiger partial charge in [0, 0.05) is 31.1 Å². The van der Waals surface area contributed by atoms with Gasteiger partial charge in [-0.3, -0.25) is 4.98 Å². The highest BCUT2D eigenvalue weighted by Gasteiger charge is 2.16. The van der Waals surface area contributed by atoms with Crippen LogP contribution in [0.3, 0.4) is 0 Å². The second kappa shape index (κ2) is 4.41. The molecule has 6 heteroatoms. The number of nitrogens with zero attached hydrogens (tertiary/aromatic N) is 2. The highest BCUT2D eigenvalue weighted by atomic mass is 16.7. The number of aromatic amines is 1. The molecule has 0 spiro atoms. The number of ether oxygens (including phenoxy) is 2. The third-order valence-corrected chi connectivity index (χ3v) is 3.16. The first-order valence-corrected chi connectivity index (χ1v) is 6.31. The molecule has 0 unspecified atom stereocenters. The Morgan fingerprint density at radius 2 is 2.15 bits per heavy atom. The van der Waals surface area contributed by atoms with Crippen LogP contribution in [-0.2, 0) is 6.54 Å². The van der Waals surface area contributed by atoms with E-state index in [0.29, 0.717) is 12.5 Å². The summed E-state index contributed by atoms with van der Waals surface area (Å²) in [5.41, 5.74) is 2.87. The number of hydrogen-bond donors (Lipinski definition) is 2. The minimum atomic E-state index is 0.272. The van der Waals surface area contributed by atoms with Crippen LogP contribution in [0.5, 0.6) is 11.5 Å². The zero-order chi connectivity index (χ0) is 13.4. The zero-order valence-electron chi connectivity index (χ0n) is 10.6. The van der Waals surface area contributed by atoms with Gasteiger partial charge in [0.15, 0.2) is 11.5 Å². The first kappa shape index (κ1) is 11.1. The predicted molar refractivity (Wildman–Crippen MR) is 73.8 cm³/mol. The summed E-state index contributed by atoms with van der Waals surface area (Å²) >= 11 is 0. The summed E-state index contributed by atoms with van der Waals surface area (Å²) in [6.45, 7) is 0.939. The molecule has 2 N–H and O–H groups in total. The van der Waals surface area contributed by atoms with Gasteiger partial charge in [-0.05, 0) is 11.6 Å². The number of rotatable bonds is 3. The number of aromatic nitrogens is 3. The maximum atomic E-state index is 5.35. The lowest BCUT2D eigenvalue weighted by Gasteiger charge is -2.01. The molecular formula is C14H12N4O2. The lowest BCUT2D eigenvalue weighted by atomic mass is 10.3. The average molecular weight is 268 g/mol. The van der Waals surface area contributed by atoms with Crippen molar-refractivity contribution in [3.63, 3.8) is 0 Å². The van der Waals surface area contributed by atoms with Crippen molar-refractivity contribution in [2.75, 3.05) is 12.1 Å². The summed E-state index contributed by atoms with van der Waals surface area (Å²) in [6, 6.07) is 7.71. The fourth-order valence-electron chi connectivity index (χ4n) is 2.17. The molecule has 0 saturated carbocycles. The first-order valence-electron chi connectivity index (χ1n) is 6.31. The van der Waals surface area contributed by atoms with E-state index in [4.69, 9.17) is 9.47 Å². The second-order valence-corrected chi connectivity index (χ2v) is 4.52. The highest BCUT2D eigenvalue weighted by Crippen LogP contribution is 2.35. The highest BCUT2D eigenvalue weighted by molar-refractivity contribution is 5.81. The summed E-state index contributed by atoms with van der Waals surface area (Å²) in [5.74, 6) is 2.20. The van der Waals surface area contributed by atoms with E-state index < -0.39 is 0 Å². The van der Waals surface area contributed by atoms with Crippen LogP contribution in [-0.4, -0.2) is 21.7 Å². The number of anilines is 1. The Kier molecular flexibility index (Phi) is 2.45. The fraction of sp³-hybridized carbons (Fsp3) is 0.143. The Hall–Kier alpha value is -2.76. The SMILES string of the molecule is c1cncc(CNc2nc3cc4c(cc3[nH]2)OCO4)c1. The van der Waals surface area contributed by atoms with Crippen molar-refractivity contribution in [2.45, 2.75) is 6.54 Å². The van der Waals surface area contributed by atoms with E-state index in [2.05, 4.69) is 20.3 Å². The van der Waals surface area contributed by atoms with E-state index in [1.807, 2.05) is 30.5 Å². The number of pyridine rings is 1. The molecule has 0 fully saturated rings. The summed E-state index contributed by atoms with van der Waals surface area (Å²) in [5, 5.41) is 3.24. The van der Waals surface area contributed by atoms with Gasteiger partial charge in [0.05, 0.1) is 11.0 Å². The van der Waals surface area contributed by atoms with Crippen LogP contribution in [0.25, 0.3) is 11.0 Å². The molecule has 0 aliphatic carbocycles. The third kappa shape index (κ3) is 1.91. The number of H-pyrrole nitrogens is 1. The number of imidazole rings is 1. The molecular weight excluding hydrogens is 256 g/mol. The molecule has 1 aromatic carbocycles. The van der Waals surface area contributed by atoms with E-state index in [0.717, 1.165) is 28.1 Å². The molecule has 3 aromatic rings. The average Bonchev–Trinajstić information content (AvgIpc) is 3.08. The number of hydrogen-bond acceptors (Lipinski definition) is 5. The van der Waals surface area contributed by atoms with Gasteiger partial charge in [0.25, 0.3) is 0 Å². The van der Waals surface area contributed by atoms with Gasteiger partial charge in [-0.2, -0.15) is 0 Å². The van der Waals surface area contributed by atoms with Crippen molar-refractivity contribution in [3.05, 3.63) is 42.2 Å². The van der Waals surface area contributed by atoms with Crippen LogP contribution in [0, 0.1) is 0 Å². The summed E-state index contributed by atoms with van der Waals surface area (Å²) in [6.07, 6.45) is 3.58. The lowest BCUT2D eigenvalue weighted by molar-refractivity contribution is 0.174. The Labute approximate surface area is 114 Å². The molecule has 6 nitrogen and oxygen atoms in total. The molecule has 0 saturated heterocycles. The molecule has 1 aliphatic heterocycles. The lowest BCUT2D eigenvalue weighted by Crippen LogP contribution is -2.00. The molecule has 3 heterocycles. The van der Waals surface area contributed by atoms with Crippen LogP contribution < -0.4 is 14.8 Å². The molecule has 0 radical (unpaired) electrons. The maximum Gasteiger partial charge on any atom is 0.231 e. The van der Waals surface area contributed by atoms with E-state index in [1.165, 1.54) is 0 Å². The molecule has 20 heavy (non-hydrogen) atoms. The molecule has 4 rings (SSSR count). The van der Waals surface area contributed by atoms with Gasteiger partial charge < -0.3 is 19.8 Å². The Morgan fingerprint density at radius 1 is 1.25 bits per heavy atom. The van der Waals surface area contributed by atoms with Gasteiger partial charge in [-0.1, -0.05) is 6.07 Å². The summed E-state index contributed by atoms with van der Waals surface area (Å²) < 4.78 is 10.7. The number of fused-ring (bicyclic) bond motifs is 2. The van der Waals surface area contributed by atoms with Crippen molar-refractivity contribution in [2.24, 2.45) is 0 Å². The molecule has 2 aromatic heterocycles. The maximum absolute atomic E-state index is 5.35. The second-order valence-electron chi connectivity index (χ2n) is 4.52. The van der Waals surface area contributed by atoms with Crippen molar-refractivity contribution >= 4 is 17.0 Å². The van der Waals surface area contributed by atoms with E-state index in [9.17, 15) is 0 Å². The normalized spacial score (nSPS) is 12.8. The van der Waals surface area contributed by atoms with E-state index in [1.54, 1.807) is 6.20 Å². The quantitative estimate of drug-likeness (QED) is 0.762. The van der Waals surface area contributed by atoms with Crippen molar-refractivity contribution in [3.8, 4) is 11.5 Å². The minimum Gasteiger partial charge on any atom is -0.454 e. The van der Waals surface area contributed by atoms with Crippen molar-refractivity contribution < 1.29 is 9.47 Å². The van der Waals surface area contributed by atoms with Crippen LogP contribution >= 0.6 is 0 Å². The molecule has 1 aliphatic rings. The largest absolute Gasteiger partial charge is 0.454 e. The fourth-order valence-corrected chi connectivity index (χ4v) is 2.17. The van der Waals surface area contributed by atoms with Crippen LogP contribution in [0.15, 0.2) is 36.7 Å². The predicted octanol–water partition coefficient (Wildman–Crippen LogP) is 2.30. The van der Waals surface area contributed by atoms with Gasteiger partial charge in [-0.15, -0.1) is 0 Å². The Balaban J connectivity index is 1.58. The number of benzene rings is 1. The van der Waals surface area contributed by atoms with E-state index >= 15 is 0 Å². The van der Waals surface area contributed by atoms with Crippen LogP contribution in [0.2, 0.25) is 0 Å². The molecule has 0 bridgehead atoms. The van der Waals surface area contributed by atoms with E-state index in [-0.39, 0.29) is 6.79 Å². The van der Waals surface area contributed by atoms with Crippen molar-refractivity contribution in [1.82, 2.24) is 15.0 Å². The molecule has 0 amide bonds. The van der Waals surface area contributed by atoms with Crippen LogP contribution in [0.4, 0.5) is 5.95 Å². The van der Waals surface area contributed by atoms with Gasteiger partial charge in [-0.25, -0.2) is 4.98 Å². The molecule has 0 atom stereocenters. The zero-order valence-corrected chi connectivity index (χ0v) is 10.6. The summed E-state index contributed by atoms with van der Waals surface area (Å²) in [4.78, 5) is 11.8. The standard InChI is InChI=1S/C14H12N4O2/c1-2-9(6-15-3-1)7-16-14-17-10-4-12-13(20-8-19-12)5-11(10)18-14/h1-6H,7-8H2,(H2,16,17,18). The van der Waals surface area contributed by atoms with Crippen LogP contribution in [0.1, 0.15) is 5.56 Å². The van der Waals surface area contributed by atoms with Gasteiger partial charge in [0.1, 0.15) is 0 Å². The first-order chi connectivity index (χ1) is 9.88. The monoisotopic (exact) mass is 268 g/mol. The molecule has 100 valence electrons.